The average molecular weight is 640 g/mol. The van der Waals surface area contributed by atoms with Gasteiger partial charge in [-0.15, -0.1) is 0 Å². The van der Waals surface area contributed by atoms with Gasteiger partial charge in [-0.2, -0.15) is 13.2 Å². The number of amides is 3. The molecule has 1 aromatic rings. The number of aromatic nitrogens is 1. The van der Waals surface area contributed by atoms with Gasteiger partial charge in [-0.25, -0.2) is 4.79 Å². The van der Waals surface area contributed by atoms with E-state index in [0.717, 1.165) is 71.1 Å². The van der Waals surface area contributed by atoms with E-state index in [2.05, 4.69) is 28.4 Å². The van der Waals surface area contributed by atoms with Crippen LogP contribution in [0.15, 0.2) is 4.52 Å². The van der Waals surface area contributed by atoms with Crippen LogP contribution in [-0.4, -0.2) is 106 Å². The first-order valence-electron chi connectivity index (χ1n) is 16.6. The predicted octanol–water partition coefficient (Wildman–Crippen LogP) is 5.35. The van der Waals surface area contributed by atoms with Crippen LogP contribution in [-0.2, 0) is 15.7 Å². The Bertz CT molecular complexity index is 1230. The molecule has 1 aromatic heterocycles. The van der Waals surface area contributed by atoms with E-state index in [-0.39, 0.29) is 29.2 Å². The number of rotatable bonds is 7. The standard InChI is InChI=1S/C32H48F3N5O5/c1-5-6-7-25-21-39(20-24-8-14-37(15-9-24)23(3)41)29(43)44-31(25)12-18-40(19-13-31)30(4)10-16-38(17-11-30)28(42)26-22(2)36-45-27(26)32(33,34)35/h24-25H,5-21H2,1-4H3/t25-/m0/s1. The van der Waals surface area contributed by atoms with Gasteiger partial charge in [0.05, 0.1) is 5.69 Å². The number of piperidine rings is 3. The van der Waals surface area contributed by atoms with E-state index >= 15 is 0 Å². The molecule has 0 aromatic carbocycles. The zero-order valence-corrected chi connectivity index (χ0v) is 27.1. The van der Waals surface area contributed by atoms with Crippen molar-refractivity contribution in [1.82, 2.24) is 24.8 Å². The molecule has 0 N–H and O–H groups in total. The topological polar surface area (TPSA) is 99.4 Å². The molecule has 10 nitrogen and oxygen atoms in total. The molecule has 0 saturated carbocycles. The van der Waals surface area contributed by atoms with Crippen LogP contribution >= 0.6 is 0 Å². The molecule has 5 rings (SSSR count). The third-order valence-corrected chi connectivity index (χ3v) is 11.0. The van der Waals surface area contributed by atoms with Gasteiger partial charge >= 0.3 is 12.3 Å². The number of hydrogen-bond donors (Lipinski definition) is 0. The molecule has 0 unspecified atom stereocenters. The summed E-state index contributed by atoms with van der Waals surface area (Å²) in [6, 6.07) is 0. The van der Waals surface area contributed by atoms with Crippen LogP contribution in [0.1, 0.15) is 100 Å². The molecule has 4 aliphatic heterocycles. The zero-order valence-electron chi connectivity index (χ0n) is 27.1. The highest BCUT2D eigenvalue weighted by Gasteiger charge is 2.52. The molecule has 13 heteroatoms. The van der Waals surface area contributed by atoms with Crippen molar-refractivity contribution < 1.29 is 36.8 Å². The van der Waals surface area contributed by atoms with Gasteiger partial charge in [0, 0.05) is 83.6 Å². The van der Waals surface area contributed by atoms with Crippen molar-refractivity contribution in [3.8, 4) is 0 Å². The Balaban J connectivity index is 1.18. The second kappa shape index (κ2) is 13.1. The highest BCUT2D eigenvalue weighted by molar-refractivity contribution is 5.96. The van der Waals surface area contributed by atoms with Gasteiger partial charge < -0.3 is 24.0 Å². The minimum Gasteiger partial charge on any atom is -0.442 e. The summed E-state index contributed by atoms with van der Waals surface area (Å²) in [5, 5.41) is 3.41. The molecule has 4 aliphatic rings. The van der Waals surface area contributed by atoms with Crippen LogP contribution in [0, 0.1) is 18.8 Å². The first-order valence-corrected chi connectivity index (χ1v) is 16.6. The summed E-state index contributed by atoms with van der Waals surface area (Å²) in [6.07, 6.45) is 2.66. The number of likely N-dealkylation sites (tertiary alicyclic amines) is 3. The number of alkyl halides is 3. The fraction of sp³-hybridized carbons (Fsp3) is 0.812. The number of hydrogen-bond acceptors (Lipinski definition) is 7. The summed E-state index contributed by atoms with van der Waals surface area (Å²) >= 11 is 0. The molecule has 45 heavy (non-hydrogen) atoms. The van der Waals surface area contributed by atoms with Crippen molar-refractivity contribution in [3.63, 3.8) is 0 Å². The monoisotopic (exact) mass is 639 g/mol. The summed E-state index contributed by atoms with van der Waals surface area (Å²) < 4.78 is 51.2. The number of ether oxygens (including phenoxy) is 1. The smallest absolute Gasteiger partial charge is 0.442 e. The molecule has 0 bridgehead atoms. The van der Waals surface area contributed by atoms with E-state index in [9.17, 15) is 27.6 Å². The fourth-order valence-corrected chi connectivity index (χ4v) is 7.94. The molecular formula is C32H48F3N5O5. The van der Waals surface area contributed by atoms with E-state index < -0.39 is 29.0 Å². The first kappa shape index (κ1) is 33.5. The van der Waals surface area contributed by atoms with Crippen molar-refractivity contribution in [2.45, 2.75) is 103 Å². The molecular weight excluding hydrogens is 591 g/mol. The third-order valence-electron chi connectivity index (χ3n) is 11.0. The van der Waals surface area contributed by atoms with E-state index in [0.29, 0.717) is 44.9 Å². The minimum atomic E-state index is -4.79. The third kappa shape index (κ3) is 6.97. The van der Waals surface area contributed by atoms with Gasteiger partial charge in [0.2, 0.25) is 5.91 Å². The summed E-state index contributed by atoms with van der Waals surface area (Å²) in [4.78, 5) is 45.9. The van der Waals surface area contributed by atoms with Gasteiger partial charge in [-0.05, 0) is 51.9 Å². The average Bonchev–Trinajstić information content (AvgIpc) is 3.40. The predicted molar refractivity (Wildman–Crippen MR) is 159 cm³/mol. The van der Waals surface area contributed by atoms with Gasteiger partial charge in [0.15, 0.2) is 0 Å². The minimum absolute atomic E-state index is 0.0569. The normalized spacial score (nSPS) is 24.6. The van der Waals surface area contributed by atoms with Gasteiger partial charge in [-0.1, -0.05) is 24.9 Å². The van der Waals surface area contributed by atoms with Crippen molar-refractivity contribution >= 4 is 17.9 Å². The number of nitrogens with zero attached hydrogens (tertiary/aromatic N) is 5. The Labute approximate surface area is 263 Å². The van der Waals surface area contributed by atoms with E-state index in [4.69, 9.17) is 4.74 Å². The summed E-state index contributed by atoms with van der Waals surface area (Å²) in [5.74, 6) is -1.31. The largest absolute Gasteiger partial charge is 0.453 e. The maximum Gasteiger partial charge on any atom is 0.453 e. The Morgan fingerprint density at radius 1 is 1.00 bits per heavy atom. The quantitative estimate of drug-likeness (QED) is 0.397. The molecule has 1 atom stereocenters. The molecule has 0 aliphatic carbocycles. The zero-order chi connectivity index (χ0) is 32.6. The van der Waals surface area contributed by atoms with Crippen LogP contribution < -0.4 is 0 Å². The number of halogens is 3. The van der Waals surface area contributed by atoms with Crippen molar-refractivity contribution in [3.05, 3.63) is 17.0 Å². The molecule has 1 spiro atoms. The lowest BCUT2D eigenvalue weighted by atomic mass is 9.74. The lowest BCUT2D eigenvalue weighted by Crippen LogP contribution is -2.64. The van der Waals surface area contributed by atoms with Crippen LogP contribution in [0.5, 0.6) is 0 Å². The Hall–Kier alpha value is -2.83. The maximum absolute atomic E-state index is 13.4. The van der Waals surface area contributed by atoms with Gasteiger partial charge in [0.25, 0.3) is 11.7 Å². The highest BCUT2D eigenvalue weighted by Crippen LogP contribution is 2.44. The first-order chi connectivity index (χ1) is 21.3. The van der Waals surface area contributed by atoms with Gasteiger partial charge in [-0.3, -0.25) is 14.5 Å². The van der Waals surface area contributed by atoms with E-state index in [1.807, 2.05) is 9.80 Å². The van der Waals surface area contributed by atoms with Crippen LogP contribution in [0.2, 0.25) is 0 Å². The SMILES string of the molecule is CCCC[C@H]1CN(CC2CCN(C(C)=O)CC2)C(=O)OC12CCN(C1(C)CCN(C(=O)c3c(C)noc3C(F)(F)F)CC1)CC2. The van der Waals surface area contributed by atoms with E-state index in [1.165, 1.54) is 11.8 Å². The Kier molecular flexibility index (Phi) is 9.77. The summed E-state index contributed by atoms with van der Waals surface area (Å²) in [7, 11) is 0. The highest BCUT2D eigenvalue weighted by atomic mass is 19.4. The second-order valence-electron chi connectivity index (χ2n) is 13.9. The molecule has 4 saturated heterocycles. The number of aryl methyl sites for hydroxylation is 1. The summed E-state index contributed by atoms with van der Waals surface area (Å²) in [5.41, 5.74) is -1.27. The lowest BCUT2D eigenvalue weighted by molar-refractivity contribution is -0.156. The number of carbonyl (C=O) groups is 3. The lowest BCUT2D eigenvalue weighted by Gasteiger charge is -2.55. The second-order valence-corrected chi connectivity index (χ2v) is 13.9. The van der Waals surface area contributed by atoms with Crippen molar-refractivity contribution in [2.75, 3.05) is 52.4 Å². The van der Waals surface area contributed by atoms with E-state index in [1.54, 1.807) is 6.92 Å². The number of carbonyl (C=O) groups excluding carboxylic acids is 3. The molecule has 5 heterocycles. The van der Waals surface area contributed by atoms with Crippen LogP contribution in [0.4, 0.5) is 18.0 Å². The van der Waals surface area contributed by atoms with Crippen LogP contribution in [0.25, 0.3) is 0 Å². The molecule has 252 valence electrons. The summed E-state index contributed by atoms with van der Waals surface area (Å²) in [6.45, 7) is 12.3. The molecule has 3 amide bonds. The van der Waals surface area contributed by atoms with Crippen molar-refractivity contribution in [1.29, 1.82) is 0 Å². The van der Waals surface area contributed by atoms with Gasteiger partial charge in [0.1, 0.15) is 11.2 Å². The fourth-order valence-electron chi connectivity index (χ4n) is 7.94. The number of unbranched alkanes of at least 4 members (excludes halogenated alkanes) is 1. The Morgan fingerprint density at radius 3 is 2.22 bits per heavy atom. The van der Waals surface area contributed by atoms with Crippen molar-refractivity contribution in [2.24, 2.45) is 11.8 Å². The Morgan fingerprint density at radius 2 is 1.64 bits per heavy atom. The maximum atomic E-state index is 13.4. The molecule has 0 radical (unpaired) electrons. The van der Waals surface area contributed by atoms with Crippen LogP contribution in [0.3, 0.4) is 0 Å². The molecule has 4 fully saturated rings.